The van der Waals surface area contributed by atoms with Gasteiger partial charge in [-0.3, -0.25) is 20.4 Å². The van der Waals surface area contributed by atoms with E-state index in [4.69, 9.17) is 4.42 Å². The first-order valence-corrected chi connectivity index (χ1v) is 6.56. The molecule has 0 aliphatic rings. The Kier molecular flexibility index (Phi) is 4.73. The van der Waals surface area contributed by atoms with Gasteiger partial charge in [0.15, 0.2) is 0 Å². The first-order chi connectivity index (χ1) is 10.5. The van der Waals surface area contributed by atoms with Crippen molar-refractivity contribution >= 4 is 17.9 Å². The van der Waals surface area contributed by atoms with Gasteiger partial charge in [0.2, 0.25) is 0 Å². The summed E-state index contributed by atoms with van der Waals surface area (Å²) in [6.07, 6.45) is 2.75. The van der Waals surface area contributed by atoms with Gasteiger partial charge in [-0.05, 0) is 43.7 Å². The van der Waals surface area contributed by atoms with Gasteiger partial charge in [0.25, 0.3) is 11.8 Å². The van der Waals surface area contributed by atoms with Gasteiger partial charge in [0.1, 0.15) is 17.3 Å². The van der Waals surface area contributed by atoms with Crippen molar-refractivity contribution in [3.8, 4) is 0 Å². The zero-order valence-corrected chi connectivity index (χ0v) is 12.1. The number of hydrogen-bond donors (Lipinski definition) is 2. The molecule has 5 nitrogen and oxygen atoms in total. The van der Waals surface area contributed by atoms with Crippen LogP contribution in [0, 0.1) is 19.7 Å². The minimum Gasteiger partial charge on any atom is -0.466 e. The minimum absolute atomic E-state index is 0.348. The van der Waals surface area contributed by atoms with E-state index in [1.807, 2.05) is 0 Å². The molecule has 0 saturated carbocycles. The van der Waals surface area contributed by atoms with Gasteiger partial charge in [-0.2, -0.15) is 0 Å². The third kappa shape index (κ3) is 4.05. The number of rotatable bonds is 3. The minimum atomic E-state index is -0.504. The topological polar surface area (TPSA) is 71.3 Å². The Hall–Kier alpha value is -2.89. The normalized spacial score (nSPS) is 10.7. The number of hydrazine groups is 1. The van der Waals surface area contributed by atoms with Crippen LogP contribution >= 0.6 is 0 Å². The Morgan fingerprint density at radius 3 is 2.41 bits per heavy atom. The van der Waals surface area contributed by atoms with Crippen LogP contribution < -0.4 is 10.9 Å². The van der Waals surface area contributed by atoms with Crippen LogP contribution in [0.5, 0.6) is 0 Å². The van der Waals surface area contributed by atoms with Crippen LogP contribution in [0.15, 0.2) is 40.8 Å². The summed E-state index contributed by atoms with van der Waals surface area (Å²) in [7, 11) is 0. The highest BCUT2D eigenvalue weighted by atomic mass is 19.1. The smallest absolute Gasteiger partial charge is 0.273 e. The molecule has 114 valence electrons. The molecule has 0 bridgehead atoms. The predicted octanol–water partition coefficient (Wildman–Crippen LogP) is 2.51. The molecule has 1 heterocycles. The Bertz CT molecular complexity index is 717. The molecule has 0 spiro atoms. The number of furan rings is 1. The van der Waals surface area contributed by atoms with Crippen LogP contribution in [0.1, 0.15) is 27.4 Å². The van der Waals surface area contributed by atoms with E-state index in [1.165, 1.54) is 36.4 Å². The van der Waals surface area contributed by atoms with Gasteiger partial charge in [-0.25, -0.2) is 4.39 Å². The lowest BCUT2D eigenvalue weighted by Gasteiger charge is -2.04. The summed E-state index contributed by atoms with van der Waals surface area (Å²) in [6, 6.07) is 7.25. The Labute approximate surface area is 126 Å². The molecule has 22 heavy (non-hydrogen) atoms. The number of halogens is 1. The maximum Gasteiger partial charge on any atom is 0.273 e. The molecule has 0 unspecified atom stereocenters. The maximum absolute atomic E-state index is 12.7. The zero-order valence-electron chi connectivity index (χ0n) is 12.1. The second-order valence-corrected chi connectivity index (χ2v) is 4.66. The molecular formula is C16H15FN2O3. The highest BCUT2D eigenvalue weighted by Gasteiger charge is 2.13. The van der Waals surface area contributed by atoms with Crippen LogP contribution in [0.4, 0.5) is 4.39 Å². The van der Waals surface area contributed by atoms with E-state index in [1.54, 1.807) is 19.9 Å². The third-order valence-electron chi connectivity index (χ3n) is 2.88. The first-order valence-electron chi connectivity index (χ1n) is 6.56. The number of carbonyl (C=O) groups excluding carboxylic acids is 2. The van der Waals surface area contributed by atoms with E-state index >= 15 is 0 Å². The van der Waals surface area contributed by atoms with Crippen LogP contribution in [-0.2, 0) is 4.79 Å². The van der Waals surface area contributed by atoms with Gasteiger partial charge >= 0.3 is 0 Å². The van der Waals surface area contributed by atoms with E-state index in [0.717, 1.165) is 0 Å². The van der Waals surface area contributed by atoms with E-state index < -0.39 is 11.8 Å². The summed E-state index contributed by atoms with van der Waals surface area (Å²) < 4.78 is 18.0. The van der Waals surface area contributed by atoms with E-state index in [2.05, 4.69) is 10.9 Å². The highest BCUT2D eigenvalue weighted by Crippen LogP contribution is 2.12. The number of nitrogens with one attached hydrogen (secondary N) is 2. The lowest BCUT2D eigenvalue weighted by molar-refractivity contribution is -0.117. The van der Waals surface area contributed by atoms with Crippen molar-refractivity contribution in [1.82, 2.24) is 10.9 Å². The van der Waals surface area contributed by atoms with E-state index in [0.29, 0.717) is 22.6 Å². The fourth-order valence-electron chi connectivity index (χ4n) is 1.83. The largest absolute Gasteiger partial charge is 0.466 e. The molecule has 1 aromatic carbocycles. The van der Waals surface area contributed by atoms with Gasteiger partial charge in [0.05, 0.1) is 5.56 Å². The average molecular weight is 302 g/mol. The molecule has 0 fully saturated rings. The molecule has 2 amide bonds. The number of benzene rings is 1. The summed E-state index contributed by atoms with van der Waals surface area (Å²) in [5.41, 5.74) is 5.58. The molecule has 2 rings (SSSR count). The predicted molar refractivity (Wildman–Crippen MR) is 79.2 cm³/mol. The van der Waals surface area contributed by atoms with Crippen LogP contribution in [0.25, 0.3) is 6.08 Å². The molecule has 0 radical (unpaired) electrons. The van der Waals surface area contributed by atoms with Gasteiger partial charge in [0, 0.05) is 6.08 Å². The summed E-state index contributed by atoms with van der Waals surface area (Å²) in [4.78, 5) is 23.4. The van der Waals surface area contributed by atoms with Crippen molar-refractivity contribution in [2.24, 2.45) is 0 Å². The number of amides is 2. The Balaban J connectivity index is 1.88. The van der Waals surface area contributed by atoms with Crippen LogP contribution in [0.2, 0.25) is 0 Å². The average Bonchev–Trinajstić information content (AvgIpc) is 2.83. The van der Waals surface area contributed by atoms with Crippen molar-refractivity contribution in [3.63, 3.8) is 0 Å². The summed E-state index contributed by atoms with van der Waals surface area (Å²) in [5.74, 6) is -0.218. The van der Waals surface area contributed by atoms with E-state index in [9.17, 15) is 14.0 Å². The monoisotopic (exact) mass is 302 g/mol. The highest BCUT2D eigenvalue weighted by molar-refractivity contribution is 5.98. The van der Waals surface area contributed by atoms with Crippen LogP contribution in [-0.4, -0.2) is 11.8 Å². The Morgan fingerprint density at radius 2 is 1.82 bits per heavy atom. The standard InChI is InChI=1S/C16H15FN2O3/c1-10-9-14(11(2)22-10)16(21)19-18-15(20)8-5-12-3-6-13(17)7-4-12/h3-9H,1-2H3,(H,18,20)(H,19,21)/b8-5+. The van der Waals surface area contributed by atoms with Crippen molar-refractivity contribution in [1.29, 1.82) is 0 Å². The summed E-state index contributed by atoms with van der Waals surface area (Å²) in [5, 5.41) is 0. The second kappa shape index (κ2) is 6.71. The summed E-state index contributed by atoms with van der Waals surface area (Å²) in [6.45, 7) is 3.39. The molecule has 2 N–H and O–H groups in total. The quantitative estimate of drug-likeness (QED) is 0.676. The molecular weight excluding hydrogens is 287 g/mol. The van der Waals surface area contributed by atoms with Gasteiger partial charge < -0.3 is 4.42 Å². The molecule has 6 heteroatoms. The fraction of sp³-hybridized carbons (Fsp3) is 0.125. The van der Waals surface area contributed by atoms with Crippen LogP contribution in [0.3, 0.4) is 0 Å². The number of aryl methyl sites for hydroxylation is 2. The first kappa shape index (κ1) is 15.5. The van der Waals surface area contributed by atoms with Gasteiger partial charge in [-0.1, -0.05) is 12.1 Å². The van der Waals surface area contributed by atoms with Crippen molar-refractivity contribution < 1.29 is 18.4 Å². The molecule has 0 aliphatic heterocycles. The van der Waals surface area contributed by atoms with Crippen molar-refractivity contribution in [2.45, 2.75) is 13.8 Å². The van der Waals surface area contributed by atoms with Crippen molar-refractivity contribution in [2.75, 3.05) is 0 Å². The molecule has 0 saturated heterocycles. The fourth-order valence-corrected chi connectivity index (χ4v) is 1.83. The SMILES string of the molecule is Cc1cc(C(=O)NNC(=O)/C=C/c2ccc(F)cc2)c(C)o1. The maximum atomic E-state index is 12.7. The lowest BCUT2D eigenvalue weighted by Crippen LogP contribution is -2.40. The van der Waals surface area contributed by atoms with Gasteiger partial charge in [-0.15, -0.1) is 0 Å². The molecule has 1 aromatic heterocycles. The zero-order chi connectivity index (χ0) is 16.1. The number of carbonyl (C=O) groups is 2. The lowest BCUT2D eigenvalue weighted by atomic mass is 10.2. The summed E-state index contributed by atoms with van der Waals surface area (Å²) >= 11 is 0. The third-order valence-corrected chi connectivity index (χ3v) is 2.88. The molecule has 0 atom stereocenters. The Morgan fingerprint density at radius 1 is 1.14 bits per heavy atom. The molecule has 2 aromatic rings. The number of hydrogen-bond acceptors (Lipinski definition) is 3. The van der Waals surface area contributed by atoms with E-state index in [-0.39, 0.29) is 5.82 Å². The second-order valence-electron chi connectivity index (χ2n) is 4.66. The van der Waals surface area contributed by atoms with Crippen molar-refractivity contribution in [3.05, 3.63) is 64.9 Å². The molecule has 0 aliphatic carbocycles.